The summed E-state index contributed by atoms with van der Waals surface area (Å²) in [7, 11) is 0. The van der Waals surface area contributed by atoms with E-state index in [1.807, 2.05) is 6.07 Å². The van der Waals surface area contributed by atoms with E-state index in [-0.39, 0.29) is 5.54 Å². The van der Waals surface area contributed by atoms with Gasteiger partial charge in [-0.3, -0.25) is 0 Å². The molecule has 0 bridgehead atoms. The molecule has 0 aromatic heterocycles. The van der Waals surface area contributed by atoms with Crippen LogP contribution >= 0.6 is 0 Å². The van der Waals surface area contributed by atoms with Crippen LogP contribution in [0, 0.1) is 16.7 Å². The first-order valence-corrected chi connectivity index (χ1v) is 7.39. The topological polar surface area (TPSA) is 35.9 Å². The van der Waals surface area contributed by atoms with Crippen molar-refractivity contribution >= 4 is 11.4 Å². The molecular weight excluding hydrogens is 232 g/mol. The Bertz CT molecular complexity index is 502. The third-order valence-corrected chi connectivity index (χ3v) is 5.11. The van der Waals surface area contributed by atoms with Gasteiger partial charge in [0.15, 0.2) is 0 Å². The van der Waals surface area contributed by atoms with Crippen LogP contribution in [0.3, 0.4) is 0 Å². The van der Waals surface area contributed by atoms with Crippen LogP contribution in [0.1, 0.15) is 52.0 Å². The normalized spacial score (nSPS) is 30.3. The first-order valence-electron chi connectivity index (χ1n) is 7.39. The molecule has 2 heteroatoms. The zero-order valence-electron chi connectivity index (χ0n) is 12.2. The van der Waals surface area contributed by atoms with Crippen LogP contribution in [0.5, 0.6) is 0 Å². The quantitative estimate of drug-likeness (QED) is 0.706. The minimum Gasteiger partial charge on any atom is -0.373 e. The molecule has 0 radical (unpaired) electrons. The molecule has 1 aliphatic heterocycles. The minimum absolute atomic E-state index is 0.0779. The highest BCUT2D eigenvalue weighted by atomic mass is 15.0. The van der Waals surface area contributed by atoms with E-state index in [1.165, 1.54) is 12.8 Å². The Kier molecular flexibility index (Phi) is 2.74. The van der Waals surface area contributed by atoms with Gasteiger partial charge in [-0.05, 0) is 43.1 Å². The third kappa shape index (κ3) is 1.98. The van der Waals surface area contributed by atoms with Crippen molar-refractivity contribution in [1.29, 1.82) is 5.41 Å². The largest absolute Gasteiger partial charge is 0.373 e. The van der Waals surface area contributed by atoms with E-state index in [0.717, 1.165) is 35.7 Å². The van der Waals surface area contributed by atoms with E-state index in [0.29, 0.717) is 5.41 Å². The van der Waals surface area contributed by atoms with Crippen molar-refractivity contribution in [2.24, 2.45) is 11.3 Å². The predicted octanol–water partition coefficient (Wildman–Crippen LogP) is 4.46. The molecule has 2 nitrogen and oxygen atoms in total. The number of hydrogen-bond donors (Lipinski definition) is 2. The smallest absolute Gasteiger partial charge is 0.0795 e. The summed E-state index contributed by atoms with van der Waals surface area (Å²) in [5.74, 6) is 0.788. The van der Waals surface area contributed by atoms with Crippen LogP contribution < -0.4 is 5.32 Å². The molecule has 0 unspecified atom stereocenters. The zero-order chi connectivity index (χ0) is 13.7. The van der Waals surface area contributed by atoms with Gasteiger partial charge in [0.2, 0.25) is 0 Å². The van der Waals surface area contributed by atoms with Crippen molar-refractivity contribution in [1.82, 2.24) is 0 Å². The maximum Gasteiger partial charge on any atom is 0.0795 e. The summed E-state index contributed by atoms with van der Waals surface area (Å²) in [6.07, 6.45) is 4.66. The van der Waals surface area contributed by atoms with Crippen LogP contribution in [0.15, 0.2) is 24.3 Å². The minimum atomic E-state index is -0.0779. The summed E-state index contributed by atoms with van der Waals surface area (Å²) in [5, 5.41) is 12.2. The maximum absolute atomic E-state index is 8.53. The van der Waals surface area contributed by atoms with Gasteiger partial charge in [0.1, 0.15) is 0 Å². The molecule has 2 aliphatic rings. The first kappa shape index (κ1) is 12.7. The van der Waals surface area contributed by atoms with E-state index >= 15 is 0 Å². The summed E-state index contributed by atoms with van der Waals surface area (Å²) >= 11 is 0. The number of fused-ring (bicyclic) bond motifs is 1. The van der Waals surface area contributed by atoms with Crippen LogP contribution in [-0.4, -0.2) is 11.3 Å². The molecule has 1 fully saturated rings. The lowest BCUT2D eigenvalue weighted by molar-refractivity contribution is 0.162. The Hall–Kier alpha value is -1.31. The van der Waals surface area contributed by atoms with Gasteiger partial charge in [-0.2, -0.15) is 0 Å². The maximum atomic E-state index is 8.53. The van der Waals surface area contributed by atoms with E-state index in [4.69, 9.17) is 5.41 Å². The fourth-order valence-corrected chi connectivity index (χ4v) is 3.74. The lowest BCUT2D eigenvalue weighted by Crippen LogP contribution is -2.46. The lowest BCUT2D eigenvalue weighted by atomic mass is 9.66. The number of hydrogen-bond acceptors (Lipinski definition) is 2. The molecule has 0 atom stereocenters. The van der Waals surface area contributed by atoms with Gasteiger partial charge in [0.25, 0.3) is 0 Å². The van der Waals surface area contributed by atoms with Crippen molar-refractivity contribution in [3.05, 3.63) is 29.8 Å². The van der Waals surface area contributed by atoms with E-state index < -0.39 is 0 Å². The molecule has 1 aromatic rings. The monoisotopic (exact) mass is 256 g/mol. The summed E-state index contributed by atoms with van der Waals surface area (Å²) < 4.78 is 0. The summed E-state index contributed by atoms with van der Waals surface area (Å²) in [5.41, 5.74) is 3.40. The zero-order valence-corrected chi connectivity index (χ0v) is 12.2. The van der Waals surface area contributed by atoms with Gasteiger partial charge < -0.3 is 10.7 Å². The molecule has 1 aromatic carbocycles. The molecule has 0 amide bonds. The Labute approximate surface area is 116 Å². The Balaban J connectivity index is 1.81. The third-order valence-electron chi connectivity index (χ3n) is 5.11. The molecule has 1 heterocycles. The second-order valence-electron chi connectivity index (χ2n) is 7.27. The van der Waals surface area contributed by atoms with Crippen LogP contribution in [0.4, 0.5) is 5.69 Å². The Morgan fingerprint density at radius 1 is 1.16 bits per heavy atom. The highest BCUT2D eigenvalue weighted by Gasteiger charge is 2.45. The van der Waals surface area contributed by atoms with Crippen molar-refractivity contribution in [3.8, 4) is 0 Å². The number of rotatable bonds is 0. The lowest BCUT2D eigenvalue weighted by Gasteiger charge is -2.42. The fourth-order valence-electron chi connectivity index (χ4n) is 3.74. The molecule has 0 saturated heterocycles. The fraction of sp³-hybridized carbons (Fsp3) is 0.588. The molecule has 102 valence electrons. The molecule has 3 rings (SSSR count). The van der Waals surface area contributed by atoms with Gasteiger partial charge in [0, 0.05) is 11.3 Å². The number of nitrogens with one attached hydrogen (secondary N) is 2. The Morgan fingerprint density at radius 2 is 1.79 bits per heavy atom. The summed E-state index contributed by atoms with van der Waals surface area (Å²) in [6.45, 7) is 7.04. The second kappa shape index (κ2) is 4.09. The molecule has 1 aliphatic carbocycles. The average Bonchev–Trinajstić information content (AvgIpc) is 2.63. The van der Waals surface area contributed by atoms with E-state index in [2.05, 4.69) is 44.3 Å². The van der Waals surface area contributed by atoms with Gasteiger partial charge >= 0.3 is 0 Å². The highest BCUT2D eigenvalue weighted by Crippen LogP contribution is 2.46. The molecule has 1 spiro atoms. The molecule has 2 N–H and O–H groups in total. The van der Waals surface area contributed by atoms with Crippen molar-refractivity contribution < 1.29 is 0 Å². The first-order chi connectivity index (χ1) is 8.92. The number of anilines is 1. The molecule has 1 saturated carbocycles. The average molecular weight is 256 g/mol. The van der Waals surface area contributed by atoms with Gasteiger partial charge in [-0.1, -0.05) is 39.0 Å². The van der Waals surface area contributed by atoms with Crippen molar-refractivity contribution in [3.63, 3.8) is 0 Å². The van der Waals surface area contributed by atoms with Crippen molar-refractivity contribution in [2.75, 3.05) is 5.32 Å². The second-order valence-corrected chi connectivity index (χ2v) is 7.27. The summed E-state index contributed by atoms with van der Waals surface area (Å²) in [4.78, 5) is 0. The van der Waals surface area contributed by atoms with Gasteiger partial charge in [0.05, 0.1) is 11.3 Å². The van der Waals surface area contributed by atoms with E-state index in [9.17, 15) is 0 Å². The predicted molar refractivity (Wildman–Crippen MR) is 81.0 cm³/mol. The standard InChI is InChI=1S/C17H24N2/c1-16(2,3)12-8-10-17(11-9-12)15(18)13-6-4-5-7-14(13)19-17/h4-7,12,18-19H,8-11H2,1-3H3. The number of benzene rings is 1. The van der Waals surface area contributed by atoms with E-state index in [1.54, 1.807) is 0 Å². The molecular formula is C17H24N2. The summed E-state index contributed by atoms with van der Waals surface area (Å²) in [6, 6.07) is 8.28. The number of para-hydroxylation sites is 1. The Morgan fingerprint density at radius 3 is 2.37 bits per heavy atom. The van der Waals surface area contributed by atoms with Crippen LogP contribution in [0.25, 0.3) is 0 Å². The van der Waals surface area contributed by atoms with Gasteiger partial charge in [-0.15, -0.1) is 0 Å². The molecule has 19 heavy (non-hydrogen) atoms. The van der Waals surface area contributed by atoms with Crippen LogP contribution in [0.2, 0.25) is 0 Å². The van der Waals surface area contributed by atoms with Gasteiger partial charge in [-0.25, -0.2) is 0 Å². The highest BCUT2D eigenvalue weighted by molar-refractivity contribution is 6.14. The SMILES string of the molecule is CC(C)(C)C1CCC2(CC1)Nc1ccccc1C2=N. The van der Waals surface area contributed by atoms with Crippen LogP contribution in [-0.2, 0) is 0 Å². The van der Waals surface area contributed by atoms with Crippen molar-refractivity contribution in [2.45, 2.75) is 52.0 Å².